The van der Waals surface area contributed by atoms with E-state index in [0.29, 0.717) is 5.69 Å². The summed E-state index contributed by atoms with van der Waals surface area (Å²) in [5.41, 5.74) is 1.10. The van der Waals surface area contributed by atoms with Crippen LogP contribution in [-0.4, -0.2) is 16.7 Å². The zero-order valence-corrected chi connectivity index (χ0v) is 12.7. The van der Waals surface area contributed by atoms with Gasteiger partial charge < -0.3 is 4.74 Å². The monoisotopic (exact) mass is 274 g/mol. The summed E-state index contributed by atoms with van der Waals surface area (Å²) in [7, 11) is 0. The Morgan fingerprint density at radius 2 is 1.90 bits per heavy atom. The SMILES string of the molecule is CC.CC(C)(C)OC(=O)Nc1ccc2ncccc2c1. The quantitative estimate of drug-likeness (QED) is 0.826. The fraction of sp³-hybridized carbons (Fsp3) is 0.375. The molecular weight excluding hydrogens is 252 g/mol. The van der Waals surface area contributed by atoms with Gasteiger partial charge in [0.05, 0.1) is 5.52 Å². The van der Waals surface area contributed by atoms with Crippen LogP contribution < -0.4 is 5.32 Å². The van der Waals surface area contributed by atoms with Crippen molar-refractivity contribution in [2.45, 2.75) is 40.2 Å². The predicted molar refractivity (Wildman–Crippen MR) is 82.9 cm³/mol. The topological polar surface area (TPSA) is 51.2 Å². The van der Waals surface area contributed by atoms with Crippen molar-refractivity contribution in [1.29, 1.82) is 0 Å². The zero-order chi connectivity index (χ0) is 15.2. The van der Waals surface area contributed by atoms with E-state index in [1.54, 1.807) is 12.3 Å². The van der Waals surface area contributed by atoms with Crippen LogP contribution in [0.2, 0.25) is 0 Å². The molecule has 4 heteroatoms. The van der Waals surface area contributed by atoms with Gasteiger partial charge in [0.15, 0.2) is 0 Å². The largest absolute Gasteiger partial charge is 0.444 e. The summed E-state index contributed by atoms with van der Waals surface area (Å²) in [4.78, 5) is 15.8. The Bertz CT molecular complexity index is 574. The lowest BCUT2D eigenvalue weighted by molar-refractivity contribution is 0.0636. The van der Waals surface area contributed by atoms with E-state index in [2.05, 4.69) is 10.3 Å². The summed E-state index contributed by atoms with van der Waals surface area (Å²) in [5, 5.41) is 3.68. The minimum absolute atomic E-state index is 0.453. The lowest BCUT2D eigenvalue weighted by Crippen LogP contribution is -2.27. The molecule has 0 aliphatic heterocycles. The Hall–Kier alpha value is -2.10. The molecule has 4 nitrogen and oxygen atoms in total. The molecule has 108 valence electrons. The van der Waals surface area contributed by atoms with Gasteiger partial charge in [0.1, 0.15) is 5.60 Å². The molecule has 1 aromatic carbocycles. The van der Waals surface area contributed by atoms with Gasteiger partial charge >= 0.3 is 6.09 Å². The van der Waals surface area contributed by atoms with Crippen molar-refractivity contribution in [2.75, 3.05) is 5.32 Å². The van der Waals surface area contributed by atoms with Crippen LogP contribution >= 0.6 is 0 Å². The number of fused-ring (bicyclic) bond motifs is 1. The van der Waals surface area contributed by atoms with Crippen LogP contribution in [0.4, 0.5) is 10.5 Å². The molecule has 0 bridgehead atoms. The molecule has 2 aromatic rings. The highest BCUT2D eigenvalue weighted by Gasteiger charge is 2.16. The second-order valence-corrected chi connectivity index (χ2v) is 5.04. The minimum atomic E-state index is -0.498. The molecular formula is C16H22N2O2. The van der Waals surface area contributed by atoms with Gasteiger partial charge in [0.25, 0.3) is 0 Å². The maximum absolute atomic E-state index is 11.6. The Morgan fingerprint density at radius 1 is 1.20 bits per heavy atom. The Labute approximate surface area is 120 Å². The van der Waals surface area contributed by atoms with Crippen LogP contribution in [0, 0.1) is 0 Å². The van der Waals surface area contributed by atoms with Crippen molar-refractivity contribution in [3.05, 3.63) is 36.5 Å². The van der Waals surface area contributed by atoms with E-state index in [1.807, 2.05) is 58.9 Å². The van der Waals surface area contributed by atoms with Gasteiger partial charge in [-0.05, 0) is 45.0 Å². The highest BCUT2D eigenvalue weighted by molar-refractivity contribution is 5.89. The molecule has 2 rings (SSSR count). The fourth-order valence-electron chi connectivity index (χ4n) is 1.57. The maximum Gasteiger partial charge on any atom is 0.412 e. The average Bonchev–Trinajstić information content (AvgIpc) is 2.38. The van der Waals surface area contributed by atoms with Crippen molar-refractivity contribution in [1.82, 2.24) is 4.98 Å². The number of carbonyl (C=O) groups is 1. The van der Waals surface area contributed by atoms with Crippen LogP contribution in [0.25, 0.3) is 10.9 Å². The van der Waals surface area contributed by atoms with E-state index in [9.17, 15) is 4.79 Å². The van der Waals surface area contributed by atoms with Crippen molar-refractivity contribution in [3.8, 4) is 0 Å². The summed E-state index contributed by atoms with van der Waals surface area (Å²) < 4.78 is 5.19. The molecule has 20 heavy (non-hydrogen) atoms. The third kappa shape index (κ3) is 4.88. The number of hydrogen-bond donors (Lipinski definition) is 1. The molecule has 0 fully saturated rings. The number of hydrogen-bond acceptors (Lipinski definition) is 3. The predicted octanol–water partition coefficient (Wildman–Crippen LogP) is 4.61. The van der Waals surface area contributed by atoms with E-state index in [1.165, 1.54) is 0 Å². The number of rotatable bonds is 1. The Balaban J connectivity index is 0.000000956. The van der Waals surface area contributed by atoms with Gasteiger partial charge in [-0.3, -0.25) is 10.3 Å². The number of benzene rings is 1. The number of nitrogens with zero attached hydrogens (tertiary/aromatic N) is 1. The van der Waals surface area contributed by atoms with Crippen LogP contribution in [-0.2, 0) is 4.74 Å². The molecule has 1 aromatic heterocycles. The molecule has 0 radical (unpaired) electrons. The van der Waals surface area contributed by atoms with Gasteiger partial charge in [0, 0.05) is 17.3 Å². The Kier molecular flexibility index (Phi) is 5.50. The van der Waals surface area contributed by atoms with Crippen molar-refractivity contribution in [2.24, 2.45) is 0 Å². The van der Waals surface area contributed by atoms with Crippen molar-refractivity contribution >= 4 is 22.7 Å². The molecule has 0 saturated carbocycles. The molecule has 0 aliphatic rings. The van der Waals surface area contributed by atoms with Crippen molar-refractivity contribution < 1.29 is 9.53 Å². The first-order valence-electron chi connectivity index (χ1n) is 6.79. The van der Waals surface area contributed by atoms with Gasteiger partial charge in [-0.15, -0.1) is 0 Å². The van der Waals surface area contributed by atoms with Gasteiger partial charge in [0.2, 0.25) is 0 Å². The normalized spacial score (nSPS) is 10.4. The number of aromatic nitrogens is 1. The number of carbonyl (C=O) groups excluding carboxylic acids is 1. The van der Waals surface area contributed by atoms with E-state index in [-0.39, 0.29) is 0 Å². The first kappa shape index (κ1) is 16.0. The zero-order valence-electron chi connectivity index (χ0n) is 12.7. The molecule has 0 atom stereocenters. The lowest BCUT2D eigenvalue weighted by atomic mass is 10.2. The first-order chi connectivity index (χ1) is 9.44. The molecule has 1 N–H and O–H groups in total. The standard InChI is InChI=1S/C14H16N2O2.C2H6/c1-14(2,3)18-13(17)16-11-6-7-12-10(9-11)5-4-8-15-12;1-2/h4-9H,1-3H3,(H,16,17);1-2H3. The smallest absolute Gasteiger partial charge is 0.412 e. The number of anilines is 1. The average molecular weight is 274 g/mol. The van der Waals surface area contributed by atoms with Gasteiger partial charge in [-0.1, -0.05) is 19.9 Å². The molecule has 1 heterocycles. The fourth-order valence-corrected chi connectivity index (χ4v) is 1.57. The highest BCUT2D eigenvalue weighted by atomic mass is 16.6. The molecule has 0 saturated heterocycles. The summed E-state index contributed by atoms with van der Waals surface area (Å²) in [6, 6.07) is 9.34. The maximum atomic E-state index is 11.6. The van der Waals surface area contributed by atoms with Crippen molar-refractivity contribution in [3.63, 3.8) is 0 Å². The van der Waals surface area contributed by atoms with Gasteiger partial charge in [-0.2, -0.15) is 0 Å². The minimum Gasteiger partial charge on any atom is -0.444 e. The number of ether oxygens (including phenoxy) is 1. The number of nitrogens with one attached hydrogen (secondary N) is 1. The Morgan fingerprint density at radius 3 is 2.55 bits per heavy atom. The number of pyridine rings is 1. The van der Waals surface area contributed by atoms with E-state index in [0.717, 1.165) is 10.9 Å². The number of amides is 1. The van der Waals surface area contributed by atoms with Gasteiger partial charge in [-0.25, -0.2) is 4.79 Å². The second-order valence-electron chi connectivity index (χ2n) is 5.04. The van der Waals surface area contributed by atoms with Crippen LogP contribution in [0.15, 0.2) is 36.5 Å². The summed E-state index contributed by atoms with van der Waals surface area (Å²) in [6.07, 6.45) is 1.29. The van der Waals surface area contributed by atoms with E-state index < -0.39 is 11.7 Å². The summed E-state index contributed by atoms with van der Waals surface area (Å²) in [6.45, 7) is 9.49. The van der Waals surface area contributed by atoms with E-state index in [4.69, 9.17) is 4.74 Å². The summed E-state index contributed by atoms with van der Waals surface area (Å²) >= 11 is 0. The van der Waals surface area contributed by atoms with Crippen LogP contribution in [0.1, 0.15) is 34.6 Å². The lowest BCUT2D eigenvalue weighted by Gasteiger charge is -2.19. The summed E-state index contributed by atoms with van der Waals surface area (Å²) in [5.74, 6) is 0. The second kappa shape index (κ2) is 6.89. The van der Waals surface area contributed by atoms with Crippen LogP contribution in [0.3, 0.4) is 0 Å². The third-order valence-electron chi connectivity index (χ3n) is 2.25. The first-order valence-corrected chi connectivity index (χ1v) is 6.79. The molecule has 0 aliphatic carbocycles. The molecule has 0 unspecified atom stereocenters. The highest BCUT2D eigenvalue weighted by Crippen LogP contribution is 2.18. The third-order valence-corrected chi connectivity index (χ3v) is 2.25. The van der Waals surface area contributed by atoms with Crippen LogP contribution in [0.5, 0.6) is 0 Å². The molecule has 1 amide bonds. The van der Waals surface area contributed by atoms with E-state index >= 15 is 0 Å². The molecule has 0 spiro atoms.